The van der Waals surface area contributed by atoms with Gasteiger partial charge in [0.05, 0.1) is 5.39 Å². The third-order valence-electron chi connectivity index (χ3n) is 4.86. The smallest absolute Gasteiger partial charge is 0.242 e. The summed E-state index contributed by atoms with van der Waals surface area (Å²) in [4.78, 5) is 24.5. The Morgan fingerprint density at radius 3 is 3.05 bits per heavy atom. The molecule has 22 heavy (non-hydrogen) atoms. The van der Waals surface area contributed by atoms with Crippen molar-refractivity contribution in [2.24, 2.45) is 5.92 Å². The van der Waals surface area contributed by atoms with Crippen molar-refractivity contribution in [3.63, 3.8) is 0 Å². The van der Waals surface area contributed by atoms with E-state index in [0.29, 0.717) is 5.92 Å². The van der Waals surface area contributed by atoms with Gasteiger partial charge in [-0.2, -0.15) is 0 Å². The van der Waals surface area contributed by atoms with Crippen molar-refractivity contribution >= 4 is 33.3 Å². The molecule has 116 valence electrons. The maximum atomic E-state index is 12.6. The molecular formula is C16H20N4OS. The number of nitrogens with one attached hydrogen (secondary N) is 1. The molecule has 0 aromatic carbocycles. The Bertz CT molecular complexity index is 682. The number of nitrogens with zero attached hydrogens (tertiary/aromatic N) is 3. The number of amides is 1. The number of hydrogen-bond acceptors (Lipinski definition) is 5. The van der Waals surface area contributed by atoms with Gasteiger partial charge in [-0.1, -0.05) is 6.42 Å². The first-order valence-electron chi connectivity index (χ1n) is 8.05. The van der Waals surface area contributed by atoms with Gasteiger partial charge in [0.2, 0.25) is 5.91 Å². The summed E-state index contributed by atoms with van der Waals surface area (Å²) in [5, 5.41) is 6.24. The molecule has 0 spiro atoms. The highest BCUT2D eigenvalue weighted by Gasteiger charge is 2.33. The van der Waals surface area contributed by atoms with Gasteiger partial charge in [0.15, 0.2) is 0 Å². The van der Waals surface area contributed by atoms with Gasteiger partial charge in [0.25, 0.3) is 0 Å². The van der Waals surface area contributed by atoms with Crippen LogP contribution in [-0.4, -0.2) is 35.0 Å². The molecule has 6 heteroatoms. The van der Waals surface area contributed by atoms with E-state index in [4.69, 9.17) is 0 Å². The topological polar surface area (TPSA) is 58.1 Å². The lowest BCUT2D eigenvalue weighted by atomic mass is 9.85. The first-order valence-corrected chi connectivity index (χ1v) is 8.93. The van der Waals surface area contributed by atoms with E-state index in [1.807, 2.05) is 5.38 Å². The zero-order valence-corrected chi connectivity index (χ0v) is 13.3. The quantitative estimate of drug-likeness (QED) is 0.942. The van der Waals surface area contributed by atoms with Gasteiger partial charge >= 0.3 is 0 Å². The van der Waals surface area contributed by atoms with Gasteiger partial charge in [-0.25, -0.2) is 9.97 Å². The number of anilines is 1. The second-order valence-electron chi connectivity index (χ2n) is 6.23. The molecule has 0 radical (unpaired) electrons. The maximum Gasteiger partial charge on any atom is 0.242 e. The van der Waals surface area contributed by atoms with Gasteiger partial charge in [0.1, 0.15) is 23.0 Å². The molecule has 5 nitrogen and oxygen atoms in total. The van der Waals surface area contributed by atoms with Crippen molar-refractivity contribution in [2.45, 2.75) is 38.1 Å². The van der Waals surface area contributed by atoms with Gasteiger partial charge in [0, 0.05) is 13.1 Å². The summed E-state index contributed by atoms with van der Waals surface area (Å²) in [7, 11) is 0. The monoisotopic (exact) mass is 316 g/mol. The molecule has 2 fully saturated rings. The van der Waals surface area contributed by atoms with Crippen LogP contribution in [0.4, 0.5) is 5.82 Å². The van der Waals surface area contributed by atoms with Gasteiger partial charge < -0.3 is 10.2 Å². The summed E-state index contributed by atoms with van der Waals surface area (Å²) in [5.74, 6) is 1.76. The molecule has 2 aromatic rings. The van der Waals surface area contributed by atoms with Crippen molar-refractivity contribution in [3.8, 4) is 0 Å². The molecule has 1 amide bonds. The fourth-order valence-electron chi connectivity index (χ4n) is 3.36. The fourth-order valence-corrected chi connectivity index (χ4v) is 4.09. The number of aromatic nitrogens is 2. The largest absolute Gasteiger partial charge is 0.354 e. The minimum Gasteiger partial charge on any atom is -0.354 e. The normalized spacial score (nSPS) is 22.0. The lowest BCUT2D eigenvalue weighted by Gasteiger charge is -2.28. The molecule has 2 aliphatic rings. The Labute approximate surface area is 133 Å². The Kier molecular flexibility index (Phi) is 3.70. The predicted octanol–water partition coefficient (Wildman–Crippen LogP) is 2.58. The number of rotatable bonds is 4. The van der Waals surface area contributed by atoms with Gasteiger partial charge in [-0.3, -0.25) is 4.79 Å². The van der Waals surface area contributed by atoms with Crippen molar-refractivity contribution in [1.82, 2.24) is 15.3 Å². The molecule has 0 bridgehead atoms. The summed E-state index contributed by atoms with van der Waals surface area (Å²) in [6.07, 6.45) is 7.39. The SMILES string of the molecule is O=C(NCC1CCC1)C1CCCN1c1ncnc2sccc12. The van der Waals surface area contributed by atoms with E-state index in [2.05, 4.69) is 26.3 Å². The number of carbonyl (C=O) groups excluding carboxylic acids is 1. The Morgan fingerprint density at radius 2 is 2.23 bits per heavy atom. The first-order chi connectivity index (χ1) is 10.8. The Morgan fingerprint density at radius 1 is 1.32 bits per heavy atom. The highest BCUT2D eigenvalue weighted by molar-refractivity contribution is 7.16. The van der Waals surface area contributed by atoms with Gasteiger partial charge in [-0.05, 0) is 43.0 Å². The number of carbonyl (C=O) groups is 1. The van der Waals surface area contributed by atoms with E-state index in [-0.39, 0.29) is 11.9 Å². The van der Waals surface area contributed by atoms with Crippen LogP contribution in [0.5, 0.6) is 0 Å². The predicted molar refractivity (Wildman–Crippen MR) is 88.1 cm³/mol. The lowest BCUT2D eigenvalue weighted by molar-refractivity contribution is -0.122. The van der Waals surface area contributed by atoms with Crippen LogP contribution >= 0.6 is 11.3 Å². The van der Waals surface area contributed by atoms with Crippen LogP contribution in [-0.2, 0) is 4.79 Å². The average Bonchev–Trinajstić information content (AvgIpc) is 3.14. The highest BCUT2D eigenvalue weighted by Crippen LogP contribution is 2.32. The van der Waals surface area contributed by atoms with Crippen molar-refractivity contribution < 1.29 is 4.79 Å². The molecule has 3 heterocycles. The summed E-state index contributed by atoms with van der Waals surface area (Å²) >= 11 is 1.62. The zero-order chi connectivity index (χ0) is 14.9. The Hall–Kier alpha value is -1.69. The lowest BCUT2D eigenvalue weighted by Crippen LogP contribution is -2.45. The van der Waals surface area contributed by atoms with Crippen LogP contribution in [0.2, 0.25) is 0 Å². The fraction of sp³-hybridized carbons (Fsp3) is 0.562. The molecule has 1 aliphatic heterocycles. The van der Waals surface area contributed by atoms with Crippen LogP contribution in [0.25, 0.3) is 10.2 Å². The van der Waals surface area contributed by atoms with E-state index < -0.39 is 0 Å². The van der Waals surface area contributed by atoms with Crippen molar-refractivity contribution in [1.29, 1.82) is 0 Å². The minimum absolute atomic E-state index is 0.0851. The molecule has 1 aliphatic carbocycles. The van der Waals surface area contributed by atoms with E-state index in [1.165, 1.54) is 19.3 Å². The zero-order valence-electron chi connectivity index (χ0n) is 12.5. The third-order valence-corrected chi connectivity index (χ3v) is 5.68. The summed E-state index contributed by atoms with van der Waals surface area (Å²) in [6, 6.07) is 1.97. The van der Waals surface area contributed by atoms with Crippen molar-refractivity contribution in [2.75, 3.05) is 18.0 Å². The molecule has 1 atom stereocenters. The molecule has 1 N–H and O–H groups in total. The van der Waals surface area contributed by atoms with E-state index in [0.717, 1.165) is 42.0 Å². The third kappa shape index (κ3) is 2.45. The molecule has 2 aromatic heterocycles. The van der Waals surface area contributed by atoms with Crippen LogP contribution < -0.4 is 10.2 Å². The van der Waals surface area contributed by atoms with Crippen LogP contribution in [0, 0.1) is 5.92 Å². The highest BCUT2D eigenvalue weighted by atomic mass is 32.1. The molecule has 1 saturated carbocycles. The summed E-state index contributed by atoms with van der Waals surface area (Å²) in [6.45, 7) is 1.73. The van der Waals surface area contributed by atoms with Crippen LogP contribution in [0.3, 0.4) is 0 Å². The number of thiophene rings is 1. The molecule has 1 unspecified atom stereocenters. The summed E-state index contributed by atoms with van der Waals surface area (Å²) < 4.78 is 0. The summed E-state index contributed by atoms with van der Waals surface area (Å²) in [5.41, 5.74) is 0. The second-order valence-corrected chi connectivity index (χ2v) is 7.12. The average molecular weight is 316 g/mol. The molecule has 4 rings (SSSR count). The molecular weight excluding hydrogens is 296 g/mol. The number of hydrogen-bond donors (Lipinski definition) is 1. The maximum absolute atomic E-state index is 12.6. The first kappa shape index (κ1) is 13.9. The standard InChI is InChI=1S/C16H20N4OS/c21-15(17-9-11-3-1-4-11)13-5-2-7-20(13)14-12-6-8-22-16(12)19-10-18-14/h6,8,10-11,13H,1-5,7,9H2,(H,17,21). The van der Waals surface area contributed by atoms with E-state index in [1.54, 1.807) is 17.7 Å². The van der Waals surface area contributed by atoms with Crippen LogP contribution in [0.1, 0.15) is 32.1 Å². The Balaban J connectivity index is 1.52. The molecule has 1 saturated heterocycles. The van der Waals surface area contributed by atoms with E-state index >= 15 is 0 Å². The van der Waals surface area contributed by atoms with E-state index in [9.17, 15) is 4.79 Å². The number of fused-ring (bicyclic) bond motifs is 1. The van der Waals surface area contributed by atoms with Gasteiger partial charge in [-0.15, -0.1) is 11.3 Å². The van der Waals surface area contributed by atoms with Crippen molar-refractivity contribution in [3.05, 3.63) is 17.8 Å². The minimum atomic E-state index is -0.0851. The van der Waals surface area contributed by atoms with Crippen LogP contribution in [0.15, 0.2) is 17.8 Å². The second kappa shape index (κ2) is 5.83.